The molecule has 0 spiro atoms. The van der Waals surface area contributed by atoms with Crippen LogP contribution in [0.2, 0.25) is 0 Å². The lowest BCUT2D eigenvalue weighted by Crippen LogP contribution is -2.32. The van der Waals surface area contributed by atoms with Crippen LogP contribution in [0.15, 0.2) is 18.2 Å². The lowest BCUT2D eigenvalue weighted by atomic mass is 10.1. The van der Waals surface area contributed by atoms with E-state index in [9.17, 15) is 18.0 Å². The summed E-state index contributed by atoms with van der Waals surface area (Å²) in [6, 6.07) is 3.59. The third-order valence-electron chi connectivity index (χ3n) is 2.36. The lowest BCUT2D eigenvalue weighted by molar-refractivity contribution is -0.137. The minimum absolute atomic E-state index is 0.00972. The first-order valence-electron chi connectivity index (χ1n) is 6.62. The summed E-state index contributed by atoms with van der Waals surface area (Å²) < 4.78 is 43.0. The third-order valence-corrected chi connectivity index (χ3v) is 2.36. The Balaban J connectivity index is 2.69. The Morgan fingerprint density at radius 3 is 2.41 bits per heavy atom. The van der Waals surface area contributed by atoms with Crippen molar-refractivity contribution in [2.45, 2.75) is 39.5 Å². The molecule has 0 atom stereocenters. The zero-order valence-corrected chi connectivity index (χ0v) is 12.9. The van der Waals surface area contributed by atoms with Gasteiger partial charge in [0.2, 0.25) is 0 Å². The Morgan fingerprint density at radius 2 is 1.86 bits per heavy atom. The van der Waals surface area contributed by atoms with E-state index < -0.39 is 23.4 Å². The van der Waals surface area contributed by atoms with Crippen molar-refractivity contribution in [2.24, 2.45) is 0 Å². The van der Waals surface area contributed by atoms with Crippen LogP contribution in [0, 0.1) is 18.8 Å². The molecule has 1 aromatic carbocycles. The summed E-state index contributed by atoms with van der Waals surface area (Å²) in [6.45, 7) is 6.74. The van der Waals surface area contributed by atoms with Gasteiger partial charge in [0.05, 0.1) is 12.1 Å². The van der Waals surface area contributed by atoms with Gasteiger partial charge in [0.25, 0.3) is 0 Å². The fraction of sp³-hybridized carbons (Fsp3) is 0.438. The van der Waals surface area contributed by atoms with Crippen LogP contribution in [-0.2, 0) is 10.9 Å². The smallest absolute Gasteiger partial charge is 0.416 e. The van der Waals surface area contributed by atoms with Crippen molar-refractivity contribution in [2.75, 3.05) is 6.54 Å². The van der Waals surface area contributed by atoms with Gasteiger partial charge in [-0.15, -0.1) is 0 Å². The quantitative estimate of drug-likeness (QED) is 0.799. The van der Waals surface area contributed by atoms with Gasteiger partial charge in [-0.2, -0.15) is 13.2 Å². The van der Waals surface area contributed by atoms with E-state index in [1.165, 1.54) is 0 Å². The van der Waals surface area contributed by atoms with Crippen LogP contribution < -0.4 is 5.32 Å². The highest BCUT2D eigenvalue weighted by Crippen LogP contribution is 2.30. The molecule has 1 rings (SSSR count). The van der Waals surface area contributed by atoms with Gasteiger partial charge in [0.15, 0.2) is 0 Å². The number of hydrogen-bond donors (Lipinski definition) is 1. The van der Waals surface area contributed by atoms with Crippen LogP contribution >= 0.6 is 0 Å². The molecule has 0 fully saturated rings. The van der Waals surface area contributed by atoms with E-state index in [-0.39, 0.29) is 12.1 Å². The van der Waals surface area contributed by atoms with Crippen LogP contribution in [0.3, 0.4) is 0 Å². The number of alkyl halides is 3. The number of rotatable bonds is 1. The number of benzene rings is 1. The van der Waals surface area contributed by atoms with Crippen molar-refractivity contribution in [1.29, 1.82) is 0 Å². The van der Waals surface area contributed by atoms with Crippen LogP contribution in [0.5, 0.6) is 0 Å². The van der Waals surface area contributed by atoms with Gasteiger partial charge in [0.1, 0.15) is 5.60 Å². The fourth-order valence-electron chi connectivity index (χ4n) is 1.60. The van der Waals surface area contributed by atoms with Crippen molar-refractivity contribution in [3.63, 3.8) is 0 Å². The highest BCUT2D eigenvalue weighted by atomic mass is 19.4. The molecule has 0 aliphatic rings. The molecule has 0 bridgehead atoms. The molecular weight excluding hydrogens is 295 g/mol. The molecule has 1 aromatic rings. The van der Waals surface area contributed by atoms with E-state index in [2.05, 4.69) is 17.2 Å². The number of carbonyl (C=O) groups is 1. The van der Waals surface area contributed by atoms with Crippen molar-refractivity contribution in [3.8, 4) is 11.8 Å². The largest absolute Gasteiger partial charge is 0.444 e. The summed E-state index contributed by atoms with van der Waals surface area (Å²) in [5.74, 6) is 5.19. The Morgan fingerprint density at radius 1 is 1.23 bits per heavy atom. The SMILES string of the molecule is Cc1cc(C#CCNC(=O)OC(C)(C)C)cc(C(F)(F)F)c1. The Kier molecular flexibility index (Phi) is 5.48. The standard InChI is InChI=1S/C16H18F3NO2/c1-11-8-12(10-13(9-11)16(17,18)19)6-5-7-20-14(21)22-15(2,3)4/h8-10H,7H2,1-4H3,(H,20,21). The monoisotopic (exact) mass is 313 g/mol. The van der Waals surface area contributed by atoms with E-state index in [1.54, 1.807) is 33.8 Å². The Hall–Kier alpha value is -2.16. The van der Waals surface area contributed by atoms with E-state index in [1.807, 2.05) is 0 Å². The Labute approximate surface area is 127 Å². The number of ether oxygens (including phenoxy) is 1. The van der Waals surface area contributed by atoms with Crippen LogP contribution in [0.25, 0.3) is 0 Å². The number of aryl methyl sites for hydroxylation is 1. The second-order valence-electron chi connectivity index (χ2n) is 5.74. The fourth-order valence-corrected chi connectivity index (χ4v) is 1.60. The molecule has 0 saturated heterocycles. The van der Waals surface area contributed by atoms with E-state index >= 15 is 0 Å². The predicted molar refractivity (Wildman–Crippen MR) is 77.3 cm³/mol. The first-order valence-corrected chi connectivity index (χ1v) is 6.62. The molecule has 0 aromatic heterocycles. The number of alkyl carbamates (subject to hydrolysis) is 1. The first-order chi connectivity index (χ1) is 9.97. The highest BCUT2D eigenvalue weighted by Gasteiger charge is 2.30. The molecule has 1 amide bonds. The second-order valence-corrected chi connectivity index (χ2v) is 5.74. The molecule has 0 radical (unpaired) electrons. The zero-order valence-electron chi connectivity index (χ0n) is 12.9. The summed E-state index contributed by atoms with van der Waals surface area (Å²) >= 11 is 0. The molecule has 6 heteroatoms. The highest BCUT2D eigenvalue weighted by molar-refractivity contribution is 5.68. The number of hydrogen-bond acceptors (Lipinski definition) is 2. The van der Waals surface area contributed by atoms with Gasteiger partial charge in [-0.1, -0.05) is 11.8 Å². The average molecular weight is 313 g/mol. The molecular formula is C16H18F3NO2. The topological polar surface area (TPSA) is 38.3 Å². The molecule has 0 unspecified atom stereocenters. The molecule has 0 saturated carbocycles. The van der Waals surface area contributed by atoms with E-state index in [0.717, 1.165) is 12.1 Å². The molecule has 1 N–H and O–H groups in total. The average Bonchev–Trinajstić information content (AvgIpc) is 2.30. The van der Waals surface area contributed by atoms with E-state index in [0.29, 0.717) is 5.56 Å². The van der Waals surface area contributed by atoms with Gasteiger partial charge in [-0.3, -0.25) is 0 Å². The minimum Gasteiger partial charge on any atom is -0.444 e. The summed E-state index contributed by atoms with van der Waals surface area (Å²) in [5, 5.41) is 2.41. The molecule has 22 heavy (non-hydrogen) atoms. The number of carbonyl (C=O) groups excluding carboxylic acids is 1. The molecule has 0 heterocycles. The van der Waals surface area contributed by atoms with Gasteiger partial charge in [-0.05, 0) is 51.5 Å². The summed E-state index contributed by atoms with van der Waals surface area (Å²) in [7, 11) is 0. The maximum atomic E-state index is 12.7. The Bertz CT molecular complexity index is 605. The van der Waals surface area contributed by atoms with Crippen LogP contribution in [0.4, 0.5) is 18.0 Å². The van der Waals surface area contributed by atoms with Crippen LogP contribution in [-0.4, -0.2) is 18.2 Å². The summed E-state index contributed by atoms with van der Waals surface area (Å²) in [6.07, 6.45) is -5.03. The third kappa shape index (κ3) is 6.53. The minimum atomic E-state index is -4.41. The van der Waals surface area contributed by atoms with Crippen molar-refractivity contribution in [1.82, 2.24) is 5.32 Å². The summed E-state index contributed by atoms with van der Waals surface area (Å²) in [4.78, 5) is 11.4. The molecule has 120 valence electrons. The molecule has 0 aliphatic carbocycles. The van der Waals surface area contributed by atoms with Gasteiger partial charge >= 0.3 is 12.3 Å². The van der Waals surface area contributed by atoms with Gasteiger partial charge < -0.3 is 10.1 Å². The van der Waals surface area contributed by atoms with E-state index in [4.69, 9.17) is 4.74 Å². The molecule has 3 nitrogen and oxygen atoms in total. The second kappa shape index (κ2) is 6.73. The van der Waals surface area contributed by atoms with Crippen molar-refractivity contribution < 1.29 is 22.7 Å². The summed E-state index contributed by atoms with van der Waals surface area (Å²) in [5.41, 5.74) is -0.634. The number of nitrogens with one attached hydrogen (secondary N) is 1. The number of amides is 1. The first kappa shape index (κ1) is 17.9. The van der Waals surface area contributed by atoms with Crippen molar-refractivity contribution in [3.05, 3.63) is 34.9 Å². The predicted octanol–water partition coefficient (Wildman–Crippen LogP) is 3.89. The maximum absolute atomic E-state index is 12.7. The van der Waals surface area contributed by atoms with Gasteiger partial charge in [0, 0.05) is 5.56 Å². The lowest BCUT2D eigenvalue weighted by Gasteiger charge is -2.19. The normalized spacial score (nSPS) is 11.4. The maximum Gasteiger partial charge on any atom is 0.416 e. The van der Waals surface area contributed by atoms with Gasteiger partial charge in [-0.25, -0.2) is 4.79 Å². The number of halogens is 3. The van der Waals surface area contributed by atoms with Crippen molar-refractivity contribution >= 4 is 6.09 Å². The zero-order chi connectivity index (χ0) is 17.0. The van der Waals surface area contributed by atoms with Crippen LogP contribution in [0.1, 0.15) is 37.5 Å². The molecule has 0 aliphatic heterocycles.